The van der Waals surface area contributed by atoms with E-state index in [2.05, 4.69) is 4.98 Å². The fraction of sp³-hybridized carbons (Fsp3) is 0.0625. The highest BCUT2D eigenvalue weighted by molar-refractivity contribution is 7.87. The second-order valence-corrected chi connectivity index (χ2v) is 6.67. The smallest absolute Gasteiger partial charge is 0.339 e. The molecule has 3 rings (SSSR count). The average molecular weight is 344 g/mol. The molecular formula is C16H12N2O5S. The van der Waals surface area contributed by atoms with E-state index in [1.54, 1.807) is 24.3 Å². The van der Waals surface area contributed by atoms with Crippen molar-refractivity contribution in [3.05, 3.63) is 70.4 Å². The van der Waals surface area contributed by atoms with E-state index in [1.807, 2.05) is 6.92 Å². The maximum absolute atomic E-state index is 12.4. The van der Waals surface area contributed by atoms with E-state index in [1.165, 1.54) is 24.4 Å². The van der Waals surface area contributed by atoms with E-state index in [0.29, 0.717) is 5.39 Å². The molecule has 3 aromatic rings. The van der Waals surface area contributed by atoms with Crippen LogP contribution < -0.4 is 4.18 Å². The summed E-state index contributed by atoms with van der Waals surface area (Å²) in [5.41, 5.74) is 0.861. The molecule has 7 nitrogen and oxygen atoms in total. The van der Waals surface area contributed by atoms with Crippen molar-refractivity contribution in [1.29, 1.82) is 0 Å². The molecule has 0 saturated carbocycles. The lowest BCUT2D eigenvalue weighted by Crippen LogP contribution is -2.10. The number of benzene rings is 2. The lowest BCUT2D eigenvalue weighted by atomic mass is 10.2. The van der Waals surface area contributed by atoms with Crippen molar-refractivity contribution >= 4 is 26.7 Å². The second kappa shape index (κ2) is 5.89. The van der Waals surface area contributed by atoms with E-state index < -0.39 is 15.0 Å². The van der Waals surface area contributed by atoms with Crippen molar-refractivity contribution in [1.82, 2.24) is 4.98 Å². The van der Waals surface area contributed by atoms with Crippen LogP contribution in [0.4, 0.5) is 5.69 Å². The van der Waals surface area contributed by atoms with E-state index in [4.69, 9.17) is 4.18 Å². The first kappa shape index (κ1) is 15.9. The first-order chi connectivity index (χ1) is 11.4. The molecule has 0 atom stereocenters. The number of aryl methyl sites for hydroxylation is 1. The van der Waals surface area contributed by atoms with E-state index in [0.717, 1.165) is 11.6 Å². The minimum absolute atomic E-state index is 0.0383. The number of hydrogen-bond donors (Lipinski definition) is 0. The number of fused-ring (bicyclic) bond motifs is 1. The van der Waals surface area contributed by atoms with Crippen molar-refractivity contribution in [3.63, 3.8) is 0 Å². The maximum Gasteiger partial charge on any atom is 0.339 e. The van der Waals surface area contributed by atoms with Crippen LogP contribution in [-0.4, -0.2) is 18.3 Å². The Labute approximate surface area is 137 Å². The van der Waals surface area contributed by atoms with Gasteiger partial charge in [0, 0.05) is 17.6 Å². The maximum atomic E-state index is 12.4. The SMILES string of the molecule is Cc1ccc(S(=O)(=O)Oc2cc([N+](=O)[O-])cc3cccnc23)cc1. The molecule has 0 saturated heterocycles. The molecule has 0 aliphatic rings. The van der Waals surface area contributed by atoms with Gasteiger partial charge >= 0.3 is 10.1 Å². The zero-order valence-corrected chi connectivity index (χ0v) is 13.4. The molecule has 0 bridgehead atoms. The zero-order valence-electron chi connectivity index (χ0n) is 12.5. The summed E-state index contributed by atoms with van der Waals surface area (Å²) in [5, 5.41) is 11.5. The van der Waals surface area contributed by atoms with Crippen molar-refractivity contribution in [3.8, 4) is 5.75 Å². The predicted octanol–water partition coefficient (Wildman–Crippen LogP) is 3.22. The van der Waals surface area contributed by atoms with Gasteiger partial charge in [-0.05, 0) is 25.1 Å². The minimum atomic E-state index is -4.13. The molecule has 0 fully saturated rings. The second-order valence-electron chi connectivity index (χ2n) is 5.13. The van der Waals surface area contributed by atoms with Gasteiger partial charge < -0.3 is 4.18 Å². The number of non-ortho nitro benzene ring substituents is 1. The van der Waals surface area contributed by atoms with Gasteiger partial charge in [-0.2, -0.15) is 8.42 Å². The summed E-state index contributed by atoms with van der Waals surface area (Å²) in [6.07, 6.45) is 1.46. The Balaban J connectivity index is 2.12. The standard InChI is InChI=1S/C16H12N2O5S/c1-11-4-6-14(7-5-11)24(21,22)23-15-10-13(18(19)20)9-12-3-2-8-17-16(12)15/h2-10H,1H3. The molecule has 2 aromatic carbocycles. The lowest BCUT2D eigenvalue weighted by Gasteiger charge is -2.09. The van der Waals surface area contributed by atoms with Crippen molar-refractivity contribution in [2.75, 3.05) is 0 Å². The number of aromatic nitrogens is 1. The van der Waals surface area contributed by atoms with Crippen LogP contribution in [0.25, 0.3) is 10.9 Å². The number of nitro benzene ring substituents is 1. The number of rotatable bonds is 4. The van der Waals surface area contributed by atoms with Gasteiger partial charge in [0.05, 0.1) is 11.0 Å². The zero-order chi connectivity index (χ0) is 17.3. The van der Waals surface area contributed by atoms with Crippen molar-refractivity contribution in [2.45, 2.75) is 11.8 Å². The highest BCUT2D eigenvalue weighted by atomic mass is 32.2. The number of nitro groups is 1. The molecule has 0 aliphatic carbocycles. The van der Waals surface area contributed by atoms with E-state index in [-0.39, 0.29) is 21.8 Å². The van der Waals surface area contributed by atoms with Gasteiger partial charge in [0.2, 0.25) is 0 Å². The van der Waals surface area contributed by atoms with Crippen LogP contribution in [0.15, 0.2) is 59.6 Å². The van der Waals surface area contributed by atoms with Gasteiger partial charge in [-0.3, -0.25) is 15.1 Å². The van der Waals surface area contributed by atoms with Gasteiger partial charge in [-0.25, -0.2) is 0 Å². The Kier molecular flexibility index (Phi) is 3.90. The highest BCUT2D eigenvalue weighted by Crippen LogP contribution is 2.31. The van der Waals surface area contributed by atoms with Gasteiger partial charge in [0.25, 0.3) is 5.69 Å². The summed E-state index contributed by atoms with van der Waals surface area (Å²) < 4.78 is 30.0. The van der Waals surface area contributed by atoms with Gasteiger partial charge in [0.1, 0.15) is 10.4 Å². The Bertz CT molecular complexity index is 1030. The van der Waals surface area contributed by atoms with Crippen LogP contribution in [0.2, 0.25) is 0 Å². The first-order valence-corrected chi connectivity index (χ1v) is 8.32. The molecule has 24 heavy (non-hydrogen) atoms. The summed E-state index contributed by atoms with van der Waals surface area (Å²) in [5.74, 6) is -0.180. The van der Waals surface area contributed by atoms with Crippen molar-refractivity contribution in [2.24, 2.45) is 0 Å². The summed E-state index contributed by atoms with van der Waals surface area (Å²) in [6.45, 7) is 1.83. The lowest BCUT2D eigenvalue weighted by molar-refractivity contribution is -0.384. The normalized spacial score (nSPS) is 11.4. The fourth-order valence-electron chi connectivity index (χ4n) is 2.18. The fourth-order valence-corrected chi connectivity index (χ4v) is 3.11. The summed E-state index contributed by atoms with van der Waals surface area (Å²) in [7, 11) is -4.13. The third-order valence-electron chi connectivity index (χ3n) is 3.37. The molecule has 0 radical (unpaired) electrons. The Morgan fingerprint density at radius 2 is 1.83 bits per heavy atom. The molecular weight excluding hydrogens is 332 g/mol. The molecule has 8 heteroatoms. The molecule has 0 aliphatic heterocycles. The minimum Gasteiger partial charge on any atom is -0.376 e. The first-order valence-electron chi connectivity index (χ1n) is 6.91. The average Bonchev–Trinajstić information content (AvgIpc) is 2.54. The molecule has 122 valence electrons. The highest BCUT2D eigenvalue weighted by Gasteiger charge is 2.21. The molecule has 0 amide bonds. The van der Waals surface area contributed by atoms with Gasteiger partial charge in [-0.1, -0.05) is 23.8 Å². The molecule has 0 N–H and O–H groups in total. The van der Waals surface area contributed by atoms with E-state index in [9.17, 15) is 18.5 Å². The number of hydrogen-bond acceptors (Lipinski definition) is 6. The summed E-state index contributed by atoms with van der Waals surface area (Å²) in [4.78, 5) is 14.5. The largest absolute Gasteiger partial charge is 0.376 e. The van der Waals surface area contributed by atoms with Gasteiger partial charge in [-0.15, -0.1) is 0 Å². The molecule has 0 unspecified atom stereocenters. The Morgan fingerprint density at radius 1 is 1.12 bits per heavy atom. The van der Waals surface area contributed by atoms with Crippen LogP contribution in [-0.2, 0) is 10.1 Å². The van der Waals surface area contributed by atoms with Gasteiger partial charge in [0.15, 0.2) is 5.75 Å². The third kappa shape index (κ3) is 3.04. The number of nitrogens with zero attached hydrogens (tertiary/aromatic N) is 2. The topological polar surface area (TPSA) is 99.4 Å². The van der Waals surface area contributed by atoms with Crippen LogP contribution in [0.3, 0.4) is 0 Å². The van der Waals surface area contributed by atoms with Crippen LogP contribution >= 0.6 is 0 Å². The molecule has 0 spiro atoms. The summed E-state index contributed by atoms with van der Waals surface area (Å²) >= 11 is 0. The Morgan fingerprint density at radius 3 is 2.50 bits per heavy atom. The van der Waals surface area contributed by atoms with Crippen LogP contribution in [0, 0.1) is 17.0 Å². The number of pyridine rings is 1. The monoisotopic (exact) mass is 344 g/mol. The quantitative estimate of drug-likeness (QED) is 0.409. The van der Waals surface area contributed by atoms with E-state index >= 15 is 0 Å². The summed E-state index contributed by atoms with van der Waals surface area (Å²) in [6, 6.07) is 11.7. The van der Waals surface area contributed by atoms with Crippen LogP contribution in [0.1, 0.15) is 5.56 Å². The predicted molar refractivity (Wildman–Crippen MR) is 87.4 cm³/mol. The van der Waals surface area contributed by atoms with Crippen molar-refractivity contribution < 1.29 is 17.5 Å². The molecule has 1 heterocycles. The molecule has 1 aromatic heterocycles. The van der Waals surface area contributed by atoms with Crippen LogP contribution in [0.5, 0.6) is 5.75 Å². The Hall–Kier alpha value is -3.00. The third-order valence-corrected chi connectivity index (χ3v) is 4.62.